The molecule has 0 aliphatic carbocycles. The number of para-hydroxylation sites is 1. The molecule has 0 spiro atoms. The Labute approximate surface area is 101 Å². The summed E-state index contributed by atoms with van der Waals surface area (Å²) in [5.74, 6) is -0.368. The summed E-state index contributed by atoms with van der Waals surface area (Å²) in [5, 5.41) is 1.90. The van der Waals surface area contributed by atoms with E-state index in [1.54, 1.807) is 6.92 Å². The van der Waals surface area contributed by atoms with Crippen molar-refractivity contribution in [2.45, 2.75) is 26.3 Å². The Kier molecular flexibility index (Phi) is 2.67. The van der Waals surface area contributed by atoms with Gasteiger partial charge in [-0.2, -0.15) is 0 Å². The highest BCUT2D eigenvalue weighted by molar-refractivity contribution is 5.90. The second-order valence-electron chi connectivity index (χ2n) is 4.48. The fraction of sp³-hybridized carbons (Fsp3) is 0.308. The molecule has 0 aromatic heterocycles. The number of allylic oxidation sites excluding steroid dienone is 1. The van der Waals surface area contributed by atoms with Crippen molar-refractivity contribution in [1.29, 1.82) is 0 Å². The Morgan fingerprint density at radius 1 is 1.29 bits per heavy atom. The van der Waals surface area contributed by atoms with Crippen LogP contribution in [-0.2, 0) is 4.79 Å². The molecule has 1 aromatic carbocycles. The van der Waals surface area contributed by atoms with Gasteiger partial charge in [0.15, 0.2) is 0 Å². The second kappa shape index (κ2) is 3.89. The zero-order valence-corrected chi connectivity index (χ0v) is 10.3. The van der Waals surface area contributed by atoms with Gasteiger partial charge >= 0.3 is 0 Å². The van der Waals surface area contributed by atoms with Gasteiger partial charge in [0.1, 0.15) is 5.54 Å². The van der Waals surface area contributed by atoms with Gasteiger partial charge in [0, 0.05) is 5.70 Å². The molecule has 0 saturated heterocycles. The first-order valence-electron chi connectivity index (χ1n) is 5.57. The number of anilines is 1. The van der Waals surface area contributed by atoms with Gasteiger partial charge in [-0.1, -0.05) is 18.2 Å². The van der Waals surface area contributed by atoms with Crippen LogP contribution in [0.4, 0.5) is 5.69 Å². The molecule has 1 heterocycles. The molecular formula is C13H17N3O. The van der Waals surface area contributed by atoms with E-state index in [1.807, 2.05) is 49.2 Å². The van der Waals surface area contributed by atoms with Crippen LogP contribution in [0.15, 0.2) is 41.6 Å². The SMILES string of the molecule is CC1=C(C)C(C)(C(N)=O)NN1c1ccccc1. The van der Waals surface area contributed by atoms with E-state index >= 15 is 0 Å². The zero-order valence-electron chi connectivity index (χ0n) is 10.3. The lowest BCUT2D eigenvalue weighted by atomic mass is 9.93. The maximum atomic E-state index is 11.6. The number of benzene rings is 1. The van der Waals surface area contributed by atoms with Crippen LogP contribution in [0.2, 0.25) is 0 Å². The number of hydrazine groups is 1. The number of hydrogen-bond donors (Lipinski definition) is 2. The first-order valence-corrected chi connectivity index (χ1v) is 5.57. The van der Waals surface area contributed by atoms with Crippen LogP contribution >= 0.6 is 0 Å². The molecule has 1 aliphatic rings. The normalized spacial score (nSPS) is 24.3. The summed E-state index contributed by atoms with van der Waals surface area (Å²) >= 11 is 0. The van der Waals surface area contributed by atoms with Gasteiger partial charge in [0.05, 0.1) is 5.69 Å². The number of nitrogens with zero attached hydrogens (tertiary/aromatic N) is 1. The Bertz CT molecular complexity index is 481. The highest BCUT2D eigenvalue weighted by Gasteiger charge is 2.42. The van der Waals surface area contributed by atoms with Gasteiger partial charge < -0.3 is 5.73 Å². The molecule has 90 valence electrons. The van der Waals surface area contributed by atoms with E-state index in [0.29, 0.717) is 0 Å². The fourth-order valence-electron chi connectivity index (χ4n) is 2.00. The highest BCUT2D eigenvalue weighted by Crippen LogP contribution is 2.32. The van der Waals surface area contributed by atoms with Crippen LogP contribution in [0.5, 0.6) is 0 Å². The highest BCUT2D eigenvalue weighted by atomic mass is 16.1. The second-order valence-corrected chi connectivity index (χ2v) is 4.48. The average molecular weight is 231 g/mol. The summed E-state index contributed by atoms with van der Waals surface area (Å²) in [7, 11) is 0. The summed E-state index contributed by atoms with van der Waals surface area (Å²) in [6.45, 7) is 5.71. The standard InChI is InChI=1S/C13H17N3O/c1-9-10(2)16(11-7-5-4-6-8-11)15-13(9,3)12(14)17/h4-8,15H,1-3H3,(H2,14,17). The van der Waals surface area contributed by atoms with E-state index in [1.165, 1.54) is 0 Å². The Morgan fingerprint density at radius 2 is 1.88 bits per heavy atom. The van der Waals surface area contributed by atoms with Gasteiger partial charge in [-0.3, -0.25) is 9.80 Å². The lowest BCUT2D eigenvalue weighted by Crippen LogP contribution is -2.54. The number of primary amides is 1. The molecular weight excluding hydrogens is 214 g/mol. The lowest BCUT2D eigenvalue weighted by Gasteiger charge is -2.27. The third kappa shape index (κ3) is 1.70. The summed E-state index contributed by atoms with van der Waals surface area (Å²) < 4.78 is 0. The number of amides is 1. The number of hydrogen-bond acceptors (Lipinski definition) is 3. The maximum absolute atomic E-state index is 11.6. The molecule has 0 fully saturated rings. The van der Waals surface area contributed by atoms with Crippen molar-refractivity contribution in [3.05, 3.63) is 41.6 Å². The molecule has 1 aliphatic heterocycles. The van der Waals surface area contributed by atoms with Crippen molar-refractivity contribution in [3.63, 3.8) is 0 Å². The van der Waals surface area contributed by atoms with Crippen LogP contribution in [0.25, 0.3) is 0 Å². The van der Waals surface area contributed by atoms with Gasteiger partial charge in [0.2, 0.25) is 5.91 Å². The Balaban J connectivity index is 2.41. The molecule has 1 amide bonds. The monoisotopic (exact) mass is 231 g/mol. The molecule has 4 heteroatoms. The van der Waals surface area contributed by atoms with Crippen molar-refractivity contribution in [3.8, 4) is 0 Å². The third-order valence-electron chi connectivity index (χ3n) is 3.47. The van der Waals surface area contributed by atoms with E-state index in [2.05, 4.69) is 5.43 Å². The summed E-state index contributed by atoms with van der Waals surface area (Å²) in [4.78, 5) is 11.6. The number of nitrogens with two attached hydrogens (primary N) is 1. The van der Waals surface area contributed by atoms with Crippen LogP contribution in [-0.4, -0.2) is 11.4 Å². The predicted octanol–water partition coefficient (Wildman–Crippen LogP) is 1.55. The molecule has 0 saturated carbocycles. The Hall–Kier alpha value is -1.81. The molecule has 3 N–H and O–H groups in total. The minimum Gasteiger partial charge on any atom is -0.368 e. The predicted molar refractivity (Wildman–Crippen MR) is 68.0 cm³/mol. The van der Waals surface area contributed by atoms with Crippen molar-refractivity contribution < 1.29 is 4.79 Å². The number of carbonyl (C=O) groups is 1. The first kappa shape index (κ1) is 11.7. The molecule has 1 unspecified atom stereocenters. The van der Waals surface area contributed by atoms with Crippen molar-refractivity contribution in [1.82, 2.24) is 5.43 Å². The summed E-state index contributed by atoms with van der Waals surface area (Å²) in [6.07, 6.45) is 0. The number of nitrogens with one attached hydrogen (secondary N) is 1. The van der Waals surface area contributed by atoms with E-state index in [0.717, 1.165) is 17.0 Å². The van der Waals surface area contributed by atoms with Crippen molar-refractivity contribution in [2.24, 2.45) is 5.73 Å². The minimum atomic E-state index is -0.806. The van der Waals surface area contributed by atoms with E-state index in [-0.39, 0.29) is 5.91 Å². The van der Waals surface area contributed by atoms with Crippen LogP contribution in [0.3, 0.4) is 0 Å². The number of rotatable bonds is 2. The van der Waals surface area contributed by atoms with Crippen LogP contribution in [0, 0.1) is 0 Å². The molecule has 4 nitrogen and oxygen atoms in total. The average Bonchev–Trinajstić information content (AvgIpc) is 2.56. The largest absolute Gasteiger partial charge is 0.368 e. The molecule has 0 bridgehead atoms. The maximum Gasteiger partial charge on any atom is 0.243 e. The van der Waals surface area contributed by atoms with Crippen LogP contribution in [0.1, 0.15) is 20.8 Å². The fourth-order valence-corrected chi connectivity index (χ4v) is 2.00. The van der Waals surface area contributed by atoms with Crippen LogP contribution < -0.4 is 16.2 Å². The van der Waals surface area contributed by atoms with Gasteiger partial charge in [-0.05, 0) is 38.5 Å². The van der Waals surface area contributed by atoms with Gasteiger partial charge in [-0.15, -0.1) is 0 Å². The Morgan fingerprint density at radius 3 is 2.35 bits per heavy atom. The molecule has 17 heavy (non-hydrogen) atoms. The van der Waals surface area contributed by atoms with Crippen molar-refractivity contribution >= 4 is 11.6 Å². The summed E-state index contributed by atoms with van der Waals surface area (Å²) in [5.41, 5.74) is 10.8. The molecule has 0 radical (unpaired) electrons. The van der Waals surface area contributed by atoms with Gasteiger partial charge in [0.25, 0.3) is 0 Å². The first-order chi connectivity index (χ1) is 7.97. The summed E-state index contributed by atoms with van der Waals surface area (Å²) in [6, 6.07) is 9.84. The topological polar surface area (TPSA) is 58.4 Å². The number of carbonyl (C=O) groups excluding carboxylic acids is 1. The lowest BCUT2D eigenvalue weighted by molar-refractivity contribution is -0.122. The molecule has 1 atom stereocenters. The molecule has 1 aromatic rings. The van der Waals surface area contributed by atoms with Gasteiger partial charge in [-0.25, -0.2) is 5.43 Å². The molecule has 2 rings (SSSR count). The van der Waals surface area contributed by atoms with E-state index in [9.17, 15) is 4.79 Å². The quantitative estimate of drug-likeness (QED) is 0.812. The third-order valence-corrected chi connectivity index (χ3v) is 3.47. The zero-order chi connectivity index (χ0) is 12.6. The minimum absolute atomic E-state index is 0.368. The van der Waals surface area contributed by atoms with E-state index in [4.69, 9.17) is 5.73 Å². The van der Waals surface area contributed by atoms with E-state index < -0.39 is 5.54 Å². The smallest absolute Gasteiger partial charge is 0.243 e. The van der Waals surface area contributed by atoms with Crippen molar-refractivity contribution in [2.75, 3.05) is 5.01 Å².